The molecule has 22 heavy (non-hydrogen) atoms. The number of rotatable bonds is 5. The van der Waals surface area contributed by atoms with Gasteiger partial charge >= 0.3 is 5.92 Å². The Hall–Kier alpha value is -2.31. The number of hydrogen-bond donors (Lipinski definition) is 1. The van der Waals surface area contributed by atoms with Gasteiger partial charge in [-0.3, -0.25) is 4.79 Å². The molecule has 1 aromatic heterocycles. The number of carbonyl (C=O) groups is 1. The van der Waals surface area contributed by atoms with Gasteiger partial charge in [0.25, 0.3) is 5.91 Å². The van der Waals surface area contributed by atoms with E-state index in [1.54, 1.807) is 6.07 Å². The summed E-state index contributed by atoms with van der Waals surface area (Å²) in [6.07, 6.45) is 2.31. The van der Waals surface area contributed by atoms with Crippen LogP contribution in [0, 0.1) is 0 Å². The normalized spacial score (nSPS) is 13.9. The maximum absolute atomic E-state index is 14.0. The number of hydrogen-bond acceptors (Lipinski definition) is 3. The molecule has 1 amide bonds. The molecule has 116 valence electrons. The monoisotopic (exact) mass is 306 g/mol. The molecular weight excluding hydrogens is 290 g/mol. The van der Waals surface area contributed by atoms with Crippen molar-refractivity contribution in [3.63, 3.8) is 0 Å². The average molecular weight is 306 g/mol. The van der Waals surface area contributed by atoms with Gasteiger partial charge in [-0.2, -0.15) is 8.78 Å². The highest BCUT2D eigenvalue weighted by atomic mass is 19.3. The van der Waals surface area contributed by atoms with Crippen LogP contribution in [0.2, 0.25) is 0 Å². The van der Waals surface area contributed by atoms with Crippen LogP contribution in [-0.2, 0) is 30.1 Å². The fourth-order valence-electron chi connectivity index (χ4n) is 2.57. The van der Waals surface area contributed by atoms with Crippen molar-refractivity contribution >= 4 is 5.91 Å². The van der Waals surface area contributed by atoms with Crippen LogP contribution in [0.5, 0.6) is 0 Å². The Morgan fingerprint density at radius 1 is 1.27 bits per heavy atom. The third-order valence-electron chi connectivity index (χ3n) is 3.74. The van der Waals surface area contributed by atoms with E-state index >= 15 is 0 Å². The Morgan fingerprint density at radius 2 is 2.05 bits per heavy atom. The van der Waals surface area contributed by atoms with Gasteiger partial charge in [0.1, 0.15) is 11.6 Å². The number of nitrogens with zero attached hydrogens (tertiary/aromatic N) is 3. The van der Waals surface area contributed by atoms with Gasteiger partial charge in [-0.25, -0.2) is 0 Å². The van der Waals surface area contributed by atoms with E-state index in [4.69, 9.17) is 0 Å². The molecule has 0 atom stereocenters. The van der Waals surface area contributed by atoms with Crippen LogP contribution in [0.4, 0.5) is 8.78 Å². The first kappa shape index (κ1) is 14.6. The predicted molar refractivity (Wildman–Crippen MR) is 75.4 cm³/mol. The Kier molecular flexibility index (Phi) is 3.87. The largest absolute Gasteiger partial charge is 0.350 e. The molecule has 0 aliphatic carbocycles. The van der Waals surface area contributed by atoms with Crippen LogP contribution in [0.15, 0.2) is 30.3 Å². The summed E-state index contributed by atoms with van der Waals surface area (Å²) in [7, 11) is 0. The summed E-state index contributed by atoms with van der Waals surface area (Å²) in [6.45, 7) is 0.963. The second-order valence-corrected chi connectivity index (χ2v) is 5.23. The standard InChI is InChI=1S/C15H16F2N4O/c16-15(17,11-5-2-1-3-6-11)14(22)18-9-8-13-20-19-12-7-4-10-21(12)13/h1-3,5-6H,4,7-10H2,(H,18,22). The number of alkyl halides is 2. The average Bonchev–Trinajstić information content (AvgIpc) is 3.12. The van der Waals surface area contributed by atoms with E-state index in [1.165, 1.54) is 24.3 Å². The van der Waals surface area contributed by atoms with Crippen molar-refractivity contribution in [2.24, 2.45) is 0 Å². The molecule has 0 spiro atoms. The van der Waals surface area contributed by atoms with Gasteiger partial charge in [0.2, 0.25) is 0 Å². The lowest BCUT2D eigenvalue weighted by Gasteiger charge is -2.16. The number of amides is 1. The minimum Gasteiger partial charge on any atom is -0.350 e. The minimum atomic E-state index is -3.53. The molecule has 1 N–H and O–H groups in total. The summed E-state index contributed by atoms with van der Waals surface area (Å²) >= 11 is 0. The van der Waals surface area contributed by atoms with E-state index in [0.717, 1.165) is 31.0 Å². The number of carbonyl (C=O) groups excluding carboxylic acids is 1. The van der Waals surface area contributed by atoms with Gasteiger partial charge in [-0.1, -0.05) is 30.3 Å². The summed E-state index contributed by atoms with van der Waals surface area (Å²) in [6, 6.07) is 7.07. The molecule has 1 aliphatic rings. The molecule has 7 heteroatoms. The van der Waals surface area contributed by atoms with Crippen LogP contribution < -0.4 is 5.32 Å². The van der Waals surface area contributed by atoms with Gasteiger partial charge in [0.05, 0.1) is 0 Å². The zero-order valence-corrected chi connectivity index (χ0v) is 11.9. The molecule has 1 aliphatic heterocycles. The first-order valence-corrected chi connectivity index (χ1v) is 7.21. The first-order valence-electron chi connectivity index (χ1n) is 7.21. The second kappa shape index (κ2) is 5.82. The third-order valence-corrected chi connectivity index (χ3v) is 3.74. The van der Waals surface area contributed by atoms with Crippen LogP contribution >= 0.6 is 0 Å². The molecule has 0 bridgehead atoms. The number of benzene rings is 1. The van der Waals surface area contributed by atoms with E-state index in [2.05, 4.69) is 15.5 Å². The van der Waals surface area contributed by atoms with Crippen molar-refractivity contribution in [1.29, 1.82) is 0 Å². The highest BCUT2D eigenvalue weighted by molar-refractivity contribution is 5.84. The van der Waals surface area contributed by atoms with Crippen LogP contribution in [-0.4, -0.2) is 27.2 Å². The molecule has 2 heterocycles. The number of aromatic nitrogens is 3. The molecular formula is C15H16F2N4O. The molecule has 2 aromatic rings. The second-order valence-electron chi connectivity index (χ2n) is 5.23. The van der Waals surface area contributed by atoms with Crippen molar-refractivity contribution in [2.75, 3.05) is 6.54 Å². The molecule has 0 saturated heterocycles. The van der Waals surface area contributed by atoms with Gasteiger partial charge in [0.15, 0.2) is 0 Å². The summed E-state index contributed by atoms with van der Waals surface area (Å²) < 4.78 is 30.0. The highest BCUT2D eigenvalue weighted by Crippen LogP contribution is 2.27. The Bertz CT molecular complexity index is 669. The quantitative estimate of drug-likeness (QED) is 0.914. The SMILES string of the molecule is O=C(NCCc1nnc2n1CCC2)C(F)(F)c1ccccc1. The predicted octanol–water partition coefficient (Wildman–Crippen LogP) is 1.67. The fraction of sp³-hybridized carbons (Fsp3) is 0.400. The van der Waals surface area contributed by atoms with E-state index in [0.29, 0.717) is 6.42 Å². The zero-order chi connectivity index (χ0) is 15.6. The van der Waals surface area contributed by atoms with E-state index in [1.807, 2.05) is 4.57 Å². The summed E-state index contributed by atoms with van der Waals surface area (Å²) in [5.74, 6) is -3.17. The van der Waals surface area contributed by atoms with Crippen LogP contribution in [0.1, 0.15) is 23.6 Å². The minimum absolute atomic E-state index is 0.111. The third kappa shape index (κ3) is 2.70. The number of fused-ring (bicyclic) bond motifs is 1. The van der Waals surface area contributed by atoms with Crippen molar-refractivity contribution in [1.82, 2.24) is 20.1 Å². The highest BCUT2D eigenvalue weighted by Gasteiger charge is 2.40. The molecule has 1 aromatic carbocycles. The Labute approximate surface area is 126 Å². The number of nitrogens with one attached hydrogen (secondary N) is 1. The lowest BCUT2D eigenvalue weighted by Crippen LogP contribution is -2.39. The van der Waals surface area contributed by atoms with Gasteiger partial charge in [-0.15, -0.1) is 10.2 Å². The Balaban J connectivity index is 1.58. The lowest BCUT2D eigenvalue weighted by atomic mass is 10.1. The fourth-order valence-corrected chi connectivity index (χ4v) is 2.57. The first-order chi connectivity index (χ1) is 10.6. The number of halogens is 2. The smallest absolute Gasteiger partial charge is 0.349 e. The van der Waals surface area contributed by atoms with Crippen molar-refractivity contribution in [2.45, 2.75) is 31.7 Å². The van der Waals surface area contributed by atoms with Gasteiger partial charge < -0.3 is 9.88 Å². The maximum Gasteiger partial charge on any atom is 0.349 e. The van der Waals surface area contributed by atoms with Gasteiger partial charge in [-0.05, 0) is 6.42 Å². The van der Waals surface area contributed by atoms with Crippen molar-refractivity contribution in [3.8, 4) is 0 Å². The summed E-state index contributed by atoms with van der Waals surface area (Å²) in [5, 5.41) is 10.4. The molecule has 3 rings (SSSR count). The maximum atomic E-state index is 14.0. The zero-order valence-electron chi connectivity index (χ0n) is 11.9. The van der Waals surface area contributed by atoms with Crippen molar-refractivity contribution < 1.29 is 13.6 Å². The van der Waals surface area contributed by atoms with E-state index in [9.17, 15) is 13.6 Å². The topological polar surface area (TPSA) is 59.8 Å². The number of aryl methyl sites for hydroxylation is 1. The molecule has 0 fully saturated rings. The van der Waals surface area contributed by atoms with E-state index in [-0.39, 0.29) is 12.1 Å². The van der Waals surface area contributed by atoms with Crippen LogP contribution in [0.3, 0.4) is 0 Å². The molecule has 0 saturated carbocycles. The molecule has 0 unspecified atom stereocenters. The summed E-state index contributed by atoms with van der Waals surface area (Å²) in [4.78, 5) is 11.7. The lowest BCUT2D eigenvalue weighted by molar-refractivity contribution is -0.146. The Morgan fingerprint density at radius 3 is 2.82 bits per heavy atom. The summed E-state index contributed by atoms with van der Waals surface area (Å²) in [5.41, 5.74) is -0.309. The molecule has 5 nitrogen and oxygen atoms in total. The van der Waals surface area contributed by atoms with Crippen molar-refractivity contribution in [3.05, 3.63) is 47.5 Å². The molecule has 0 radical (unpaired) electrons. The van der Waals surface area contributed by atoms with E-state index < -0.39 is 11.8 Å². The van der Waals surface area contributed by atoms with Crippen LogP contribution in [0.25, 0.3) is 0 Å². The van der Waals surface area contributed by atoms with Gasteiger partial charge in [0, 0.05) is 31.5 Å².